The summed E-state index contributed by atoms with van der Waals surface area (Å²) in [6, 6.07) is 1.19. The summed E-state index contributed by atoms with van der Waals surface area (Å²) < 4.78 is 37.0. The predicted octanol–water partition coefficient (Wildman–Crippen LogP) is 4.47. The van der Waals surface area contributed by atoms with E-state index in [0.717, 1.165) is 23.5 Å². The Labute approximate surface area is 260 Å². The van der Waals surface area contributed by atoms with Crippen LogP contribution in [0.5, 0.6) is 0 Å². The summed E-state index contributed by atoms with van der Waals surface area (Å²) in [6.07, 6.45) is -1.82. The molecular formula is C26H43N2O10PS3. The van der Waals surface area contributed by atoms with Crippen LogP contribution in [0.15, 0.2) is 17.1 Å². The molecule has 0 amide bonds. The number of aromatic amines is 1. The Balaban J connectivity index is 2.05. The molecule has 0 bridgehead atoms. The Morgan fingerprint density at radius 2 is 1.57 bits per heavy atom. The highest BCUT2D eigenvalue weighted by Crippen LogP contribution is 2.51. The number of rotatable bonds is 14. The molecule has 42 heavy (non-hydrogen) atoms. The van der Waals surface area contributed by atoms with E-state index >= 15 is 0 Å². The lowest BCUT2D eigenvalue weighted by Crippen LogP contribution is -2.44. The third-order valence-corrected chi connectivity index (χ3v) is 9.25. The molecule has 12 nitrogen and oxygen atoms in total. The number of aliphatic hydroxyl groups excluding tert-OH is 1. The first-order chi connectivity index (χ1) is 19.2. The summed E-state index contributed by atoms with van der Waals surface area (Å²) in [4.78, 5) is 38.4. The van der Waals surface area contributed by atoms with Crippen molar-refractivity contribution >= 4 is 53.8 Å². The van der Waals surface area contributed by atoms with Crippen molar-refractivity contribution in [2.75, 3.05) is 31.3 Å². The number of phosphoric acid groups is 1. The van der Waals surface area contributed by atoms with Gasteiger partial charge in [-0.05, 0) is 30.0 Å². The zero-order valence-electron chi connectivity index (χ0n) is 25.1. The molecule has 1 aromatic rings. The van der Waals surface area contributed by atoms with Crippen LogP contribution in [0.3, 0.4) is 0 Å². The second kappa shape index (κ2) is 15.4. The van der Waals surface area contributed by atoms with Gasteiger partial charge in [0.2, 0.25) is 0 Å². The van der Waals surface area contributed by atoms with Crippen molar-refractivity contribution in [2.45, 2.75) is 85.3 Å². The normalized spacial score (nSPS) is 23.3. The minimum Gasteiger partial charge on any atom is -0.387 e. The van der Waals surface area contributed by atoms with Crippen LogP contribution in [0, 0.1) is 15.6 Å². The summed E-state index contributed by atoms with van der Waals surface area (Å²) in [7, 11) is -4.25. The maximum atomic E-state index is 13.5. The Morgan fingerprint density at radius 3 is 2.02 bits per heavy atom. The summed E-state index contributed by atoms with van der Waals surface area (Å²) in [5.74, 6) is 0.405. The molecule has 1 aliphatic heterocycles. The van der Waals surface area contributed by atoms with Gasteiger partial charge in [0.15, 0.2) is 21.2 Å². The first-order valence-electron chi connectivity index (χ1n) is 13.4. The van der Waals surface area contributed by atoms with E-state index in [1.54, 1.807) is 0 Å². The van der Waals surface area contributed by atoms with Gasteiger partial charge in [0.25, 0.3) is 5.56 Å². The average molecular weight is 671 g/mol. The maximum Gasteiger partial charge on any atom is 0.474 e. The SMILES string of the molecule is CC(C)(C)CC(=O)SCCOP(=O)(OCCSC(=O)CC(C)(C)C)OC[C@H]1O[C@@H](n2ccc(=O)[nH]c2=S)[C@](C)(O)C1O. The molecule has 1 unspecified atom stereocenters. The van der Waals surface area contributed by atoms with Crippen LogP contribution in [0.4, 0.5) is 0 Å². The molecule has 2 heterocycles. The van der Waals surface area contributed by atoms with E-state index in [1.807, 2.05) is 41.5 Å². The van der Waals surface area contributed by atoms with Gasteiger partial charge in [-0.1, -0.05) is 65.1 Å². The van der Waals surface area contributed by atoms with Crippen LogP contribution >= 0.6 is 43.6 Å². The van der Waals surface area contributed by atoms with Gasteiger partial charge in [-0.25, -0.2) is 4.57 Å². The molecule has 0 aromatic carbocycles. The van der Waals surface area contributed by atoms with Gasteiger partial charge >= 0.3 is 7.82 Å². The van der Waals surface area contributed by atoms with Crippen molar-refractivity contribution in [3.63, 3.8) is 0 Å². The van der Waals surface area contributed by atoms with Crippen LogP contribution in [-0.2, 0) is 32.5 Å². The first kappa shape index (κ1) is 37.3. The number of hydrogen-bond acceptors (Lipinski definition) is 13. The van der Waals surface area contributed by atoms with E-state index in [-0.39, 0.29) is 50.6 Å². The zero-order valence-corrected chi connectivity index (χ0v) is 28.5. The molecule has 1 fully saturated rings. The van der Waals surface area contributed by atoms with E-state index in [1.165, 1.54) is 23.8 Å². The van der Waals surface area contributed by atoms with Gasteiger partial charge in [-0.3, -0.25) is 37.5 Å². The summed E-state index contributed by atoms with van der Waals surface area (Å²) in [5, 5.41) is 21.7. The first-order valence-corrected chi connectivity index (χ1v) is 17.3. The number of carbonyl (C=O) groups is 2. The molecule has 0 aliphatic carbocycles. The van der Waals surface area contributed by atoms with Crippen molar-refractivity contribution in [3.05, 3.63) is 27.4 Å². The number of aromatic nitrogens is 2. The van der Waals surface area contributed by atoms with E-state index in [9.17, 15) is 29.2 Å². The number of phosphoric ester groups is 1. The second-order valence-electron chi connectivity index (χ2n) is 12.5. The number of H-pyrrole nitrogens is 1. The van der Waals surface area contributed by atoms with Crippen molar-refractivity contribution in [1.82, 2.24) is 9.55 Å². The molecule has 240 valence electrons. The molecular weight excluding hydrogens is 627 g/mol. The van der Waals surface area contributed by atoms with Crippen LogP contribution in [0.25, 0.3) is 0 Å². The second-order valence-corrected chi connectivity index (χ2v) is 16.9. The van der Waals surface area contributed by atoms with Gasteiger partial charge in [0.1, 0.15) is 17.8 Å². The number of aliphatic hydroxyl groups is 2. The van der Waals surface area contributed by atoms with Crippen LogP contribution in [-0.4, -0.2) is 79.1 Å². The van der Waals surface area contributed by atoms with E-state index in [0.29, 0.717) is 12.8 Å². The van der Waals surface area contributed by atoms with Crippen LogP contribution in [0.1, 0.15) is 67.5 Å². The number of thioether (sulfide) groups is 2. The maximum absolute atomic E-state index is 13.5. The molecule has 3 N–H and O–H groups in total. The minimum atomic E-state index is -4.25. The molecule has 0 spiro atoms. The standard InChI is InChI=1S/C26H43N2O10PS3/c1-24(2,3)14-19(30)41-12-10-35-39(34,36-11-13-42-20(31)15-25(4,5)6)37-16-17-21(32)26(7,33)22(38-17)28-9-8-18(29)27-23(28)40/h8-9,17,21-22,32-33H,10-16H2,1-7H3,(H,27,29,40)/t17-,21?,22-,26-/m1/s1. The van der Waals surface area contributed by atoms with Gasteiger partial charge in [-0.2, -0.15) is 0 Å². The van der Waals surface area contributed by atoms with Crippen LogP contribution in [0.2, 0.25) is 0 Å². The number of carbonyl (C=O) groups excluding carboxylic acids is 2. The minimum absolute atomic E-state index is 0.0316. The fourth-order valence-electron chi connectivity index (χ4n) is 3.84. The van der Waals surface area contributed by atoms with Gasteiger partial charge < -0.3 is 14.9 Å². The molecule has 0 radical (unpaired) electrons. The van der Waals surface area contributed by atoms with E-state index in [4.69, 9.17) is 30.5 Å². The molecule has 4 atom stereocenters. The fourth-order valence-corrected chi connectivity index (χ4v) is 7.39. The monoisotopic (exact) mass is 670 g/mol. The Bertz CT molecular complexity index is 1200. The summed E-state index contributed by atoms with van der Waals surface area (Å²) in [6.45, 7) is 12.3. The van der Waals surface area contributed by atoms with Crippen molar-refractivity contribution < 1.29 is 42.7 Å². The largest absolute Gasteiger partial charge is 0.474 e. The summed E-state index contributed by atoms with van der Waals surface area (Å²) in [5.41, 5.74) is -2.64. The average Bonchev–Trinajstić information content (AvgIpc) is 3.05. The number of hydrogen-bond donors (Lipinski definition) is 3. The lowest BCUT2D eigenvalue weighted by atomic mass is 9.93. The zero-order chi connectivity index (χ0) is 31.9. The third kappa shape index (κ3) is 12.3. The molecule has 1 aromatic heterocycles. The van der Waals surface area contributed by atoms with Gasteiger partial charge in [0.05, 0.1) is 19.8 Å². The van der Waals surface area contributed by atoms with Gasteiger partial charge in [-0.15, -0.1) is 0 Å². The molecule has 1 saturated heterocycles. The topological polar surface area (TPSA) is 166 Å². The van der Waals surface area contributed by atoms with Crippen LogP contribution < -0.4 is 5.56 Å². The molecule has 2 rings (SSSR count). The lowest BCUT2D eigenvalue weighted by Gasteiger charge is -2.28. The Kier molecular flexibility index (Phi) is 13.7. The number of nitrogens with zero attached hydrogens (tertiary/aromatic N) is 1. The predicted molar refractivity (Wildman–Crippen MR) is 165 cm³/mol. The number of ether oxygens (including phenoxy) is 1. The third-order valence-electron chi connectivity index (χ3n) is 5.80. The van der Waals surface area contributed by atoms with Crippen molar-refractivity contribution in [3.8, 4) is 0 Å². The molecule has 1 aliphatic rings. The van der Waals surface area contributed by atoms with Crippen molar-refractivity contribution in [2.24, 2.45) is 10.8 Å². The van der Waals surface area contributed by atoms with Crippen molar-refractivity contribution in [1.29, 1.82) is 0 Å². The quantitative estimate of drug-likeness (QED) is 0.144. The Hall–Kier alpha value is -0.870. The van der Waals surface area contributed by atoms with Gasteiger partial charge in [0, 0.05) is 36.6 Å². The molecule has 0 saturated carbocycles. The highest BCUT2D eigenvalue weighted by Gasteiger charge is 2.53. The summed E-state index contributed by atoms with van der Waals surface area (Å²) >= 11 is 7.25. The lowest BCUT2D eigenvalue weighted by molar-refractivity contribution is -0.113. The highest BCUT2D eigenvalue weighted by atomic mass is 32.2. The van der Waals surface area contributed by atoms with E-state index in [2.05, 4.69) is 4.98 Å². The smallest absolute Gasteiger partial charge is 0.387 e. The Morgan fingerprint density at radius 1 is 1.07 bits per heavy atom. The number of nitrogens with one attached hydrogen (secondary N) is 1. The van der Waals surface area contributed by atoms with E-state index < -0.39 is 44.0 Å². The fraction of sp³-hybridized carbons (Fsp3) is 0.769. The molecule has 16 heteroatoms. The highest BCUT2D eigenvalue weighted by molar-refractivity contribution is 8.13.